The van der Waals surface area contributed by atoms with Gasteiger partial charge in [-0.05, 0) is 35.7 Å². The van der Waals surface area contributed by atoms with Crippen LogP contribution in [0.15, 0.2) is 48.0 Å². The van der Waals surface area contributed by atoms with Crippen molar-refractivity contribution in [1.29, 1.82) is 0 Å². The first-order valence-electron chi connectivity index (χ1n) is 5.90. The number of anilines is 1. The number of hydrogen-bond acceptors (Lipinski definition) is 4. The van der Waals surface area contributed by atoms with Crippen LogP contribution in [0.2, 0.25) is 9.49 Å². The molecule has 1 N–H and O–H groups in total. The average molecular weight is 341 g/mol. The maximum atomic E-state index is 6.13. The number of aromatic nitrogens is 1. The summed E-state index contributed by atoms with van der Waals surface area (Å²) in [5, 5.41) is 5.98. The van der Waals surface area contributed by atoms with Crippen molar-refractivity contribution in [2.75, 3.05) is 5.32 Å². The molecule has 0 aliphatic rings. The molecule has 0 bridgehead atoms. The van der Waals surface area contributed by atoms with Crippen molar-refractivity contribution in [3.63, 3.8) is 0 Å². The molecule has 1 unspecified atom stereocenters. The molecule has 0 spiro atoms. The largest absolute Gasteiger partial charge is 0.370 e. The summed E-state index contributed by atoms with van der Waals surface area (Å²) in [5.41, 5.74) is 0.817. The summed E-state index contributed by atoms with van der Waals surface area (Å²) in [6.07, 6.45) is 1.68. The minimum atomic E-state index is 0.0363. The fourth-order valence-electron chi connectivity index (χ4n) is 1.87. The van der Waals surface area contributed by atoms with Crippen LogP contribution in [0.1, 0.15) is 15.8 Å². The highest BCUT2D eigenvalue weighted by atomic mass is 35.5. The molecule has 0 amide bonds. The lowest BCUT2D eigenvalue weighted by atomic mass is 10.2. The van der Waals surface area contributed by atoms with Crippen LogP contribution in [0.25, 0.3) is 0 Å². The Balaban J connectivity index is 1.97. The van der Waals surface area contributed by atoms with Gasteiger partial charge in [0, 0.05) is 16.0 Å². The van der Waals surface area contributed by atoms with Crippen LogP contribution in [-0.2, 0) is 0 Å². The Kier molecular flexibility index (Phi) is 4.27. The Bertz CT molecular complexity index is 695. The van der Waals surface area contributed by atoms with Crippen LogP contribution in [0.5, 0.6) is 0 Å². The van der Waals surface area contributed by atoms with E-state index < -0.39 is 0 Å². The van der Waals surface area contributed by atoms with Gasteiger partial charge in [-0.15, -0.1) is 22.7 Å². The summed E-state index contributed by atoms with van der Waals surface area (Å²) in [4.78, 5) is 6.46. The zero-order valence-corrected chi connectivity index (χ0v) is 13.4. The number of halogens is 2. The van der Waals surface area contributed by atoms with Gasteiger partial charge in [-0.25, -0.2) is 4.98 Å². The molecule has 3 aromatic rings. The Morgan fingerprint density at radius 1 is 1.05 bits per heavy atom. The minimum Gasteiger partial charge on any atom is -0.370 e. The van der Waals surface area contributed by atoms with Gasteiger partial charge in [0.05, 0.1) is 16.1 Å². The number of thiophene rings is 2. The molecule has 3 heterocycles. The van der Waals surface area contributed by atoms with Crippen molar-refractivity contribution in [2.24, 2.45) is 0 Å². The van der Waals surface area contributed by atoms with Gasteiger partial charge >= 0.3 is 0 Å². The molecule has 1 atom stereocenters. The second kappa shape index (κ2) is 6.14. The topological polar surface area (TPSA) is 24.9 Å². The van der Waals surface area contributed by atoms with E-state index in [-0.39, 0.29) is 6.04 Å². The van der Waals surface area contributed by atoms with Crippen LogP contribution in [-0.4, -0.2) is 4.98 Å². The fraction of sp³-hybridized carbons (Fsp3) is 0.0714. The number of hydrogen-bond donors (Lipinski definition) is 1. The molecule has 3 aromatic heterocycles. The molecule has 0 fully saturated rings. The highest BCUT2D eigenvalue weighted by Crippen LogP contribution is 2.36. The molecule has 0 aromatic carbocycles. The molecule has 0 aliphatic carbocycles. The van der Waals surface area contributed by atoms with Gasteiger partial charge in [0.1, 0.15) is 0 Å². The van der Waals surface area contributed by atoms with E-state index in [4.69, 9.17) is 23.2 Å². The van der Waals surface area contributed by atoms with E-state index in [2.05, 4.69) is 21.7 Å². The third kappa shape index (κ3) is 2.99. The van der Waals surface area contributed by atoms with Gasteiger partial charge in [-0.2, -0.15) is 0 Å². The number of nitrogens with one attached hydrogen (secondary N) is 1. The van der Waals surface area contributed by atoms with Crippen LogP contribution in [0, 0.1) is 0 Å². The third-order valence-corrected chi connectivity index (χ3v) is 5.30. The Hall–Kier alpha value is -1.07. The zero-order valence-electron chi connectivity index (χ0n) is 10.2. The van der Waals surface area contributed by atoms with Crippen LogP contribution in [0.4, 0.5) is 5.69 Å². The van der Waals surface area contributed by atoms with E-state index >= 15 is 0 Å². The van der Waals surface area contributed by atoms with Gasteiger partial charge in [-0.1, -0.05) is 29.3 Å². The second-order valence-corrected chi connectivity index (χ2v) is 7.16. The van der Waals surface area contributed by atoms with Gasteiger partial charge < -0.3 is 5.32 Å². The van der Waals surface area contributed by atoms with Crippen LogP contribution in [0.3, 0.4) is 0 Å². The normalized spacial score (nSPS) is 12.3. The van der Waals surface area contributed by atoms with Crippen LogP contribution >= 0.6 is 45.9 Å². The molecule has 0 saturated carbocycles. The summed E-state index contributed by atoms with van der Waals surface area (Å²) in [6.45, 7) is 0. The molecule has 102 valence electrons. The van der Waals surface area contributed by atoms with Crippen molar-refractivity contribution in [1.82, 2.24) is 4.98 Å². The average Bonchev–Trinajstić information content (AvgIpc) is 3.09. The molecular formula is C14H10Cl2N2S2. The van der Waals surface area contributed by atoms with Crippen LogP contribution < -0.4 is 5.32 Å². The first-order valence-corrected chi connectivity index (χ1v) is 8.35. The predicted molar refractivity (Wildman–Crippen MR) is 88.4 cm³/mol. The Morgan fingerprint density at radius 2 is 1.95 bits per heavy atom. The van der Waals surface area contributed by atoms with E-state index in [0.717, 1.165) is 14.9 Å². The lowest BCUT2D eigenvalue weighted by Gasteiger charge is -2.18. The van der Waals surface area contributed by atoms with Gasteiger partial charge in [-0.3, -0.25) is 0 Å². The lowest BCUT2D eigenvalue weighted by molar-refractivity contribution is 0.989. The van der Waals surface area contributed by atoms with E-state index in [9.17, 15) is 0 Å². The molecule has 3 rings (SSSR count). The smallest absolute Gasteiger partial charge is 0.152 e. The first-order chi connectivity index (χ1) is 9.74. The molecule has 20 heavy (non-hydrogen) atoms. The lowest BCUT2D eigenvalue weighted by Crippen LogP contribution is -2.10. The zero-order chi connectivity index (χ0) is 13.9. The highest BCUT2D eigenvalue weighted by molar-refractivity contribution is 7.16. The standard InChI is InChI=1S/C14H10Cl2N2S2/c15-12-6-5-11(20-12)13(10-4-2-8-19-10)18-9-3-1-7-17-14(9)16/h1-8,13,18H. The Morgan fingerprint density at radius 3 is 2.60 bits per heavy atom. The highest BCUT2D eigenvalue weighted by Gasteiger charge is 2.18. The maximum absolute atomic E-state index is 6.13. The van der Waals surface area contributed by atoms with Crippen molar-refractivity contribution in [3.8, 4) is 0 Å². The molecule has 0 radical (unpaired) electrons. The monoisotopic (exact) mass is 340 g/mol. The predicted octanol–water partition coefficient (Wildman–Crippen LogP) is 5.71. The number of rotatable bonds is 4. The number of nitrogens with zero attached hydrogens (tertiary/aromatic N) is 1. The molecule has 0 saturated heterocycles. The molecule has 0 aliphatic heterocycles. The van der Waals surface area contributed by atoms with E-state index in [1.165, 1.54) is 4.88 Å². The maximum Gasteiger partial charge on any atom is 0.152 e. The van der Waals surface area contributed by atoms with E-state index in [1.807, 2.05) is 30.3 Å². The third-order valence-electron chi connectivity index (χ3n) is 2.77. The fourth-order valence-corrected chi connectivity index (χ4v) is 4.04. The first kappa shape index (κ1) is 13.9. The van der Waals surface area contributed by atoms with Gasteiger partial charge in [0.25, 0.3) is 0 Å². The van der Waals surface area contributed by atoms with Gasteiger partial charge in [0.15, 0.2) is 5.15 Å². The Labute approximate surface area is 135 Å². The van der Waals surface area contributed by atoms with Crippen molar-refractivity contribution < 1.29 is 0 Å². The second-order valence-electron chi connectivity index (χ2n) is 4.08. The molecule has 6 heteroatoms. The summed E-state index contributed by atoms with van der Waals surface area (Å²) >= 11 is 15.4. The van der Waals surface area contributed by atoms with Gasteiger partial charge in [0.2, 0.25) is 0 Å². The number of pyridine rings is 1. The molecular weight excluding hydrogens is 331 g/mol. The summed E-state index contributed by atoms with van der Waals surface area (Å²) < 4.78 is 0.778. The van der Waals surface area contributed by atoms with Crippen molar-refractivity contribution in [3.05, 3.63) is 67.2 Å². The molecule has 2 nitrogen and oxygen atoms in total. The van der Waals surface area contributed by atoms with E-state index in [1.54, 1.807) is 28.9 Å². The summed E-state index contributed by atoms with van der Waals surface area (Å²) in [7, 11) is 0. The quantitative estimate of drug-likeness (QED) is 0.615. The van der Waals surface area contributed by atoms with Crippen molar-refractivity contribution >= 4 is 51.6 Å². The summed E-state index contributed by atoms with van der Waals surface area (Å²) in [6, 6.07) is 11.9. The van der Waals surface area contributed by atoms with E-state index in [0.29, 0.717) is 5.15 Å². The summed E-state index contributed by atoms with van der Waals surface area (Å²) in [5.74, 6) is 0. The minimum absolute atomic E-state index is 0.0363. The SMILES string of the molecule is Clc1ccc(C(Nc2cccnc2Cl)c2cccs2)s1. The van der Waals surface area contributed by atoms with Crippen molar-refractivity contribution in [2.45, 2.75) is 6.04 Å².